The first-order valence-electron chi connectivity index (χ1n) is 6.76. The Bertz CT molecular complexity index is 706. The zero-order valence-corrected chi connectivity index (χ0v) is 13.4. The standard InChI is InChI=1S/C17H15BrFNO/c1-17(2)14-5-3-4-6-15(14)20(16(17)21)10-11-7-12(18)9-13(19)8-11/h3-9H,10H2,1-2H3. The van der Waals surface area contributed by atoms with E-state index in [2.05, 4.69) is 15.9 Å². The van der Waals surface area contributed by atoms with Gasteiger partial charge in [-0.1, -0.05) is 34.1 Å². The molecule has 1 aliphatic rings. The van der Waals surface area contributed by atoms with Gasteiger partial charge in [0.2, 0.25) is 5.91 Å². The number of carbonyl (C=O) groups is 1. The average Bonchev–Trinajstić information content (AvgIpc) is 2.60. The van der Waals surface area contributed by atoms with Gasteiger partial charge in [-0.05, 0) is 49.2 Å². The van der Waals surface area contributed by atoms with Gasteiger partial charge in [-0.25, -0.2) is 4.39 Å². The molecule has 0 radical (unpaired) electrons. The van der Waals surface area contributed by atoms with Crippen LogP contribution >= 0.6 is 15.9 Å². The molecule has 4 heteroatoms. The number of nitrogens with zero attached hydrogens (tertiary/aromatic N) is 1. The van der Waals surface area contributed by atoms with Crippen LogP contribution in [0.4, 0.5) is 10.1 Å². The van der Waals surface area contributed by atoms with Crippen molar-refractivity contribution in [2.45, 2.75) is 25.8 Å². The van der Waals surface area contributed by atoms with Crippen LogP contribution in [0.5, 0.6) is 0 Å². The lowest BCUT2D eigenvalue weighted by atomic mass is 9.86. The second-order valence-electron chi connectivity index (χ2n) is 5.81. The maximum absolute atomic E-state index is 13.5. The molecule has 2 aromatic carbocycles. The molecule has 108 valence electrons. The Labute approximate surface area is 131 Å². The lowest BCUT2D eigenvalue weighted by Crippen LogP contribution is -2.35. The molecular formula is C17H15BrFNO. The van der Waals surface area contributed by atoms with E-state index in [1.165, 1.54) is 12.1 Å². The first-order valence-corrected chi connectivity index (χ1v) is 7.55. The molecule has 0 aromatic heterocycles. The van der Waals surface area contributed by atoms with E-state index < -0.39 is 5.41 Å². The van der Waals surface area contributed by atoms with Gasteiger partial charge >= 0.3 is 0 Å². The van der Waals surface area contributed by atoms with E-state index in [0.717, 1.165) is 16.8 Å². The molecule has 1 aliphatic heterocycles. The van der Waals surface area contributed by atoms with Gasteiger partial charge in [0.15, 0.2) is 0 Å². The van der Waals surface area contributed by atoms with Gasteiger partial charge < -0.3 is 4.90 Å². The fourth-order valence-electron chi connectivity index (χ4n) is 2.84. The van der Waals surface area contributed by atoms with Crippen LogP contribution in [-0.4, -0.2) is 5.91 Å². The fourth-order valence-corrected chi connectivity index (χ4v) is 3.35. The summed E-state index contributed by atoms with van der Waals surface area (Å²) in [6.45, 7) is 4.22. The number of carbonyl (C=O) groups excluding carboxylic acids is 1. The highest BCUT2D eigenvalue weighted by Gasteiger charge is 2.43. The van der Waals surface area contributed by atoms with E-state index in [4.69, 9.17) is 0 Å². The first kappa shape index (κ1) is 14.3. The highest BCUT2D eigenvalue weighted by molar-refractivity contribution is 9.10. The lowest BCUT2D eigenvalue weighted by Gasteiger charge is -2.20. The molecule has 2 aromatic rings. The second-order valence-corrected chi connectivity index (χ2v) is 6.73. The van der Waals surface area contributed by atoms with E-state index in [-0.39, 0.29) is 11.7 Å². The molecule has 0 spiro atoms. The van der Waals surface area contributed by atoms with Gasteiger partial charge in [-0.2, -0.15) is 0 Å². The lowest BCUT2D eigenvalue weighted by molar-refractivity contribution is -0.122. The molecule has 1 heterocycles. The molecular weight excluding hydrogens is 333 g/mol. The van der Waals surface area contributed by atoms with Crippen molar-refractivity contribution in [1.29, 1.82) is 0 Å². The van der Waals surface area contributed by atoms with Crippen LogP contribution in [0.2, 0.25) is 0 Å². The van der Waals surface area contributed by atoms with E-state index in [9.17, 15) is 9.18 Å². The van der Waals surface area contributed by atoms with Crippen molar-refractivity contribution >= 4 is 27.5 Å². The highest BCUT2D eigenvalue weighted by atomic mass is 79.9. The summed E-state index contributed by atoms with van der Waals surface area (Å²) in [5.41, 5.74) is 2.15. The molecule has 3 rings (SSSR count). The number of rotatable bonds is 2. The summed E-state index contributed by atoms with van der Waals surface area (Å²) < 4.78 is 14.2. The van der Waals surface area contributed by atoms with Crippen molar-refractivity contribution in [1.82, 2.24) is 0 Å². The Hall–Kier alpha value is -1.68. The van der Waals surface area contributed by atoms with Crippen LogP contribution in [0.15, 0.2) is 46.9 Å². The third-order valence-corrected chi connectivity index (χ3v) is 4.37. The number of fused-ring (bicyclic) bond motifs is 1. The van der Waals surface area contributed by atoms with Crippen molar-refractivity contribution in [2.24, 2.45) is 0 Å². The van der Waals surface area contributed by atoms with Gasteiger partial charge in [0.25, 0.3) is 0 Å². The van der Waals surface area contributed by atoms with Crippen LogP contribution in [0.25, 0.3) is 0 Å². The molecule has 0 unspecified atom stereocenters. The summed E-state index contributed by atoms with van der Waals surface area (Å²) in [7, 11) is 0. The number of benzene rings is 2. The number of halogens is 2. The van der Waals surface area contributed by atoms with Crippen LogP contribution in [-0.2, 0) is 16.8 Å². The van der Waals surface area contributed by atoms with Crippen molar-refractivity contribution in [2.75, 3.05) is 4.90 Å². The monoisotopic (exact) mass is 347 g/mol. The summed E-state index contributed by atoms with van der Waals surface area (Å²) in [6.07, 6.45) is 0. The minimum atomic E-state index is -0.541. The van der Waals surface area contributed by atoms with E-state index in [0.29, 0.717) is 11.0 Å². The van der Waals surface area contributed by atoms with E-state index >= 15 is 0 Å². The Morgan fingerprint density at radius 2 is 1.90 bits per heavy atom. The van der Waals surface area contributed by atoms with Gasteiger partial charge in [0, 0.05) is 10.2 Å². The number of para-hydroxylation sites is 1. The number of hydrogen-bond donors (Lipinski definition) is 0. The van der Waals surface area contributed by atoms with E-state index in [1.54, 1.807) is 4.90 Å². The molecule has 1 amide bonds. The Balaban J connectivity index is 2.01. The Morgan fingerprint density at radius 3 is 2.62 bits per heavy atom. The SMILES string of the molecule is CC1(C)C(=O)N(Cc2cc(F)cc(Br)c2)c2ccccc21. The predicted molar refractivity (Wildman–Crippen MR) is 84.8 cm³/mol. The third-order valence-electron chi connectivity index (χ3n) is 3.91. The van der Waals surface area contributed by atoms with Crippen molar-refractivity contribution in [3.8, 4) is 0 Å². The highest BCUT2D eigenvalue weighted by Crippen LogP contribution is 2.42. The summed E-state index contributed by atoms with van der Waals surface area (Å²) >= 11 is 3.29. The molecule has 0 saturated heterocycles. The molecule has 0 saturated carbocycles. The molecule has 2 nitrogen and oxygen atoms in total. The van der Waals surface area contributed by atoms with Gasteiger partial charge in [-0.15, -0.1) is 0 Å². The third kappa shape index (κ3) is 2.38. The van der Waals surface area contributed by atoms with Gasteiger partial charge in [-0.3, -0.25) is 4.79 Å². The number of amides is 1. The predicted octanol–water partition coefficient (Wildman–Crippen LogP) is 4.41. The van der Waals surface area contributed by atoms with Crippen LogP contribution in [0.3, 0.4) is 0 Å². The number of anilines is 1. The van der Waals surface area contributed by atoms with Gasteiger partial charge in [0.1, 0.15) is 5.82 Å². The van der Waals surface area contributed by atoms with Crippen LogP contribution in [0.1, 0.15) is 25.0 Å². The minimum Gasteiger partial charge on any atom is -0.307 e. The summed E-state index contributed by atoms with van der Waals surface area (Å²) in [6, 6.07) is 12.5. The summed E-state index contributed by atoms with van der Waals surface area (Å²) in [5, 5.41) is 0. The minimum absolute atomic E-state index is 0.0454. The van der Waals surface area contributed by atoms with Gasteiger partial charge in [0.05, 0.1) is 12.0 Å². The maximum Gasteiger partial charge on any atom is 0.237 e. The molecule has 0 bridgehead atoms. The fraction of sp³-hybridized carbons (Fsp3) is 0.235. The van der Waals surface area contributed by atoms with Crippen LogP contribution < -0.4 is 4.90 Å². The zero-order valence-electron chi connectivity index (χ0n) is 11.9. The average molecular weight is 348 g/mol. The molecule has 0 aliphatic carbocycles. The normalized spacial score (nSPS) is 16.2. The smallest absolute Gasteiger partial charge is 0.237 e. The van der Waals surface area contributed by atoms with E-state index in [1.807, 2.05) is 44.2 Å². The topological polar surface area (TPSA) is 20.3 Å². The second kappa shape index (κ2) is 4.95. The molecule has 0 N–H and O–H groups in total. The number of hydrogen-bond acceptors (Lipinski definition) is 1. The first-order chi connectivity index (χ1) is 9.89. The zero-order chi connectivity index (χ0) is 15.2. The van der Waals surface area contributed by atoms with Crippen LogP contribution in [0, 0.1) is 5.82 Å². The molecule has 0 atom stereocenters. The van der Waals surface area contributed by atoms with Crippen molar-refractivity contribution in [3.63, 3.8) is 0 Å². The summed E-state index contributed by atoms with van der Waals surface area (Å²) in [4.78, 5) is 14.4. The quantitative estimate of drug-likeness (QED) is 0.787. The van der Waals surface area contributed by atoms with Crippen molar-refractivity contribution < 1.29 is 9.18 Å². The molecule has 0 fully saturated rings. The summed E-state index contributed by atoms with van der Waals surface area (Å²) in [5.74, 6) is -0.261. The maximum atomic E-state index is 13.5. The Kier molecular flexibility index (Phi) is 3.36. The van der Waals surface area contributed by atoms with Crippen molar-refractivity contribution in [3.05, 3.63) is 63.9 Å². The Morgan fingerprint density at radius 1 is 1.19 bits per heavy atom. The molecule has 21 heavy (non-hydrogen) atoms. The largest absolute Gasteiger partial charge is 0.307 e.